The van der Waals surface area contributed by atoms with Gasteiger partial charge in [0.15, 0.2) is 0 Å². The van der Waals surface area contributed by atoms with Gasteiger partial charge in [-0.3, -0.25) is 4.79 Å². The topological polar surface area (TPSA) is 101 Å². The molecule has 9 heteroatoms. The Morgan fingerprint density at radius 2 is 1.88 bits per heavy atom. The number of carbonyl (C=O) groups is 1. The first-order chi connectivity index (χ1) is 11.2. The van der Waals surface area contributed by atoms with E-state index < -0.39 is 26.0 Å². The van der Waals surface area contributed by atoms with Crippen LogP contribution in [0.15, 0.2) is 23.1 Å². The number of nitrogens with zero attached hydrogens (tertiary/aromatic N) is 1. The van der Waals surface area contributed by atoms with Gasteiger partial charge in [-0.1, -0.05) is 12.8 Å². The van der Waals surface area contributed by atoms with Gasteiger partial charge in [0.2, 0.25) is 26.0 Å². The van der Waals surface area contributed by atoms with Crippen molar-refractivity contribution in [2.75, 3.05) is 10.1 Å². The van der Waals surface area contributed by atoms with E-state index in [1.807, 2.05) is 0 Å². The average Bonchev–Trinajstić information content (AvgIpc) is 3.06. The molecule has 2 fully saturated rings. The van der Waals surface area contributed by atoms with Crippen LogP contribution in [-0.2, 0) is 24.8 Å². The van der Waals surface area contributed by atoms with E-state index in [1.165, 1.54) is 18.2 Å². The van der Waals surface area contributed by atoms with Crippen molar-refractivity contribution >= 4 is 31.6 Å². The summed E-state index contributed by atoms with van der Waals surface area (Å²) in [6.45, 7) is 1.60. The number of rotatable bonds is 4. The monoisotopic (exact) mass is 372 g/mol. The first-order valence-electron chi connectivity index (χ1n) is 7.89. The van der Waals surface area contributed by atoms with E-state index in [0.717, 1.165) is 30.0 Å². The molecule has 1 aromatic rings. The molecule has 1 N–H and O–H groups in total. The van der Waals surface area contributed by atoms with E-state index in [9.17, 15) is 21.6 Å². The molecule has 1 aromatic carbocycles. The first-order valence-corrected chi connectivity index (χ1v) is 11.0. The van der Waals surface area contributed by atoms with Crippen LogP contribution in [0.4, 0.5) is 5.69 Å². The van der Waals surface area contributed by atoms with Gasteiger partial charge in [0, 0.05) is 12.5 Å². The minimum absolute atomic E-state index is 0.0467. The third-order valence-corrected chi connectivity index (χ3v) is 7.81. The van der Waals surface area contributed by atoms with Crippen LogP contribution >= 0.6 is 0 Å². The van der Waals surface area contributed by atoms with Crippen LogP contribution in [0.1, 0.15) is 37.7 Å². The fraction of sp³-hybridized carbons (Fsp3) is 0.533. The quantitative estimate of drug-likeness (QED) is 0.858. The lowest BCUT2D eigenvalue weighted by Gasteiger charge is -2.18. The number of sulfonamides is 2. The summed E-state index contributed by atoms with van der Waals surface area (Å²) < 4.78 is 52.5. The SMILES string of the molecule is Cc1cc(N2C(=O)CCS2(=O)=O)ccc1S(=O)(=O)NC1CCCC1. The van der Waals surface area contributed by atoms with Gasteiger partial charge in [-0.2, -0.15) is 0 Å². The van der Waals surface area contributed by atoms with Gasteiger partial charge < -0.3 is 0 Å². The highest BCUT2D eigenvalue weighted by atomic mass is 32.2. The Balaban J connectivity index is 1.91. The molecule has 0 unspecified atom stereocenters. The van der Waals surface area contributed by atoms with Gasteiger partial charge in [-0.15, -0.1) is 0 Å². The highest BCUT2D eigenvalue weighted by molar-refractivity contribution is 7.94. The van der Waals surface area contributed by atoms with E-state index in [4.69, 9.17) is 0 Å². The molecule has 1 aliphatic carbocycles. The summed E-state index contributed by atoms with van der Waals surface area (Å²) in [6.07, 6.45) is 3.64. The molecule has 3 rings (SSSR count). The summed E-state index contributed by atoms with van der Waals surface area (Å²) in [5.74, 6) is -0.706. The van der Waals surface area contributed by atoms with Crippen molar-refractivity contribution in [2.45, 2.75) is 50.0 Å². The van der Waals surface area contributed by atoms with Crippen molar-refractivity contribution < 1.29 is 21.6 Å². The number of hydrogen-bond donors (Lipinski definition) is 1. The molecular weight excluding hydrogens is 352 g/mol. The number of aryl methyl sites for hydroxylation is 1. The molecule has 1 saturated carbocycles. The Kier molecular flexibility index (Phi) is 4.43. The second-order valence-electron chi connectivity index (χ2n) is 6.28. The van der Waals surface area contributed by atoms with Gasteiger partial charge in [-0.25, -0.2) is 25.9 Å². The van der Waals surface area contributed by atoms with Crippen molar-refractivity contribution in [3.05, 3.63) is 23.8 Å². The zero-order valence-electron chi connectivity index (χ0n) is 13.4. The molecule has 1 saturated heterocycles. The maximum Gasteiger partial charge on any atom is 0.242 e. The molecule has 7 nitrogen and oxygen atoms in total. The molecule has 24 heavy (non-hydrogen) atoms. The molecule has 132 valence electrons. The third-order valence-electron chi connectivity index (χ3n) is 4.44. The molecule has 0 aromatic heterocycles. The second-order valence-corrected chi connectivity index (χ2v) is 9.90. The maximum absolute atomic E-state index is 12.5. The molecule has 0 radical (unpaired) electrons. The number of hydrogen-bond acceptors (Lipinski definition) is 5. The molecule has 0 spiro atoms. The molecule has 1 amide bonds. The van der Waals surface area contributed by atoms with Crippen LogP contribution in [-0.4, -0.2) is 34.5 Å². The smallest absolute Gasteiger partial charge is 0.242 e. The molecule has 0 atom stereocenters. The van der Waals surface area contributed by atoms with Gasteiger partial charge >= 0.3 is 0 Å². The normalized spacial score (nSPS) is 21.5. The fourth-order valence-electron chi connectivity index (χ4n) is 3.26. The average molecular weight is 372 g/mol. The lowest BCUT2D eigenvalue weighted by atomic mass is 10.2. The number of carbonyl (C=O) groups excluding carboxylic acids is 1. The van der Waals surface area contributed by atoms with Crippen LogP contribution in [0.3, 0.4) is 0 Å². The van der Waals surface area contributed by atoms with Gasteiger partial charge in [0.05, 0.1) is 16.3 Å². The van der Waals surface area contributed by atoms with Crippen LogP contribution < -0.4 is 9.03 Å². The van der Waals surface area contributed by atoms with Crippen LogP contribution in [0, 0.1) is 6.92 Å². The Labute approximate surface area is 142 Å². The predicted octanol–water partition coefficient (Wildman–Crippen LogP) is 1.28. The largest absolute Gasteiger partial charge is 0.273 e. The summed E-state index contributed by atoms with van der Waals surface area (Å²) in [4.78, 5) is 11.9. The van der Waals surface area contributed by atoms with Crippen LogP contribution in [0.5, 0.6) is 0 Å². The van der Waals surface area contributed by atoms with Gasteiger partial charge in [0.1, 0.15) is 0 Å². The zero-order chi connectivity index (χ0) is 17.5. The van der Waals surface area contributed by atoms with Crippen molar-refractivity contribution in [3.8, 4) is 0 Å². The fourth-order valence-corrected chi connectivity index (χ4v) is 6.24. The Morgan fingerprint density at radius 1 is 1.21 bits per heavy atom. The van der Waals surface area contributed by atoms with Gasteiger partial charge in [0.25, 0.3) is 0 Å². The Bertz CT molecular complexity index is 871. The maximum atomic E-state index is 12.5. The zero-order valence-corrected chi connectivity index (χ0v) is 15.0. The van der Waals surface area contributed by atoms with Gasteiger partial charge in [-0.05, 0) is 43.5 Å². The van der Waals surface area contributed by atoms with E-state index in [2.05, 4.69) is 4.72 Å². The minimum Gasteiger partial charge on any atom is -0.273 e. The lowest BCUT2D eigenvalue weighted by Crippen LogP contribution is -2.33. The van der Waals surface area contributed by atoms with Crippen LogP contribution in [0.25, 0.3) is 0 Å². The summed E-state index contributed by atoms with van der Waals surface area (Å²) in [6, 6.07) is 4.12. The van der Waals surface area contributed by atoms with E-state index in [0.29, 0.717) is 5.56 Å². The predicted molar refractivity (Wildman–Crippen MR) is 89.6 cm³/mol. The molecule has 2 aliphatic rings. The minimum atomic E-state index is -3.66. The summed E-state index contributed by atoms with van der Waals surface area (Å²) in [5, 5.41) is 0. The van der Waals surface area contributed by atoms with E-state index in [1.54, 1.807) is 6.92 Å². The second kappa shape index (κ2) is 6.12. The van der Waals surface area contributed by atoms with E-state index >= 15 is 0 Å². The molecule has 0 bridgehead atoms. The van der Waals surface area contributed by atoms with Crippen molar-refractivity contribution in [1.82, 2.24) is 4.72 Å². The van der Waals surface area contributed by atoms with Crippen molar-refractivity contribution in [3.63, 3.8) is 0 Å². The number of benzene rings is 1. The number of nitrogens with one attached hydrogen (secondary N) is 1. The summed E-state index contributed by atoms with van der Waals surface area (Å²) in [7, 11) is -7.31. The van der Waals surface area contributed by atoms with Crippen LogP contribution in [0.2, 0.25) is 0 Å². The third kappa shape index (κ3) is 3.20. The molecule has 1 aliphatic heterocycles. The van der Waals surface area contributed by atoms with E-state index in [-0.39, 0.29) is 28.8 Å². The lowest BCUT2D eigenvalue weighted by molar-refractivity contribution is -0.116. The first kappa shape index (κ1) is 17.4. The molecular formula is C15H20N2O5S2. The standard InChI is InChI=1S/C15H20N2O5S2/c1-11-10-13(17-15(18)8-9-23(17,19)20)6-7-14(11)24(21,22)16-12-4-2-3-5-12/h6-7,10,12,16H,2-5,8-9H2,1H3. The highest BCUT2D eigenvalue weighted by Gasteiger charge is 2.36. The summed E-state index contributed by atoms with van der Waals surface area (Å²) in [5.41, 5.74) is 0.600. The Morgan fingerprint density at radius 3 is 2.42 bits per heavy atom. The summed E-state index contributed by atoms with van der Waals surface area (Å²) >= 11 is 0. The Hall–Kier alpha value is -1.45. The number of anilines is 1. The number of amides is 1. The molecule has 1 heterocycles. The highest BCUT2D eigenvalue weighted by Crippen LogP contribution is 2.29. The van der Waals surface area contributed by atoms with Crippen molar-refractivity contribution in [1.29, 1.82) is 0 Å². The van der Waals surface area contributed by atoms with Crippen molar-refractivity contribution in [2.24, 2.45) is 0 Å².